The molecule has 2 unspecified atom stereocenters. The van der Waals surface area contributed by atoms with Crippen LogP contribution in [0.5, 0.6) is 0 Å². The molecule has 2 aliphatic rings. The molecule has 0 radical (unpaired) electrons. The van der Waals surface area contributed by atoms with Gasteiger partial charge in [0.1, 0.15) is 0 Å². The summed E-state index contributed by atoms with van der Waals surface area (Å²) in [5.41, 5.74) is 7.89. The lowest BCUT2D eigenvalue weighted by Gasteiger charge is -2.32. The van der Waals surface area contributed by atoms with Crippen molar-refractivity contribution in [1.82, 2.24) is 9.88 Å². The number of anilines is 1. The molecule has 0 spiro atoms. The number of aromatic nitrogens is 1. The Morgan fingerprint density at radius 2 is 2.24 bits per heavy atom. The highest BCUT2D eigenvalue weighted by atomic mass is 32.1. The van der Waals surface area contributed by atoms with E-state index in [1.165, 1.54) is 30.0 Å². The second-order valence-corrected chi connectivity index (χ2v) is 8.63. The Bertz CT molecular complexity index is 510. The van der Waals surface area contributed by atoms with E-state index in [1.54, 1.807) is 0 Å². The molecule has 21 heavy (non-hydrogen) atoms. The van der Waals surface area contributed by atoms with Crippen LogP contribution in [0.15, 0.2) is 0 Å². The molecular formula is C16H28N4S. The van der Waals surface area contributed by atoms with Crippen molar-refractivity contribution in [2.24, 2.45) is 11.1 Å². The maximum atomic E-state index is 6.36. The predicted molar refractivity (Wildman–Crippen MR) is 90.1 cm³/mol. The van der Waals surface area contributed by atoms with Crippen LogP contribution in [0.25, 0.3) is 0 Å². The predicted octanol–water partition coefficient (Wildman–Crippen LogP) is 2.65. The van der Waals surface area contributed by atoms with Gasteiger partial charge >= 0.3 is 0 Å². The monoisotopic (exact) mass is 308 g/mol. The van der Waals surface area contributed by atoms with E-state index in [2.05, 4.69) is 37.7 Å². The van der Waals surface area contributed by atoms with Crippen molar-refractivity contribution in [3.63, 3.8) is 0 Å². The van der Waals surface area contributed by atoms with Crippen LogP contribution in [0, 0.1) is 5.41 Å². The molecule has 2 atom stereocenters. The van der Waals surface area contributed by atoms with Gasteiger partial charge < -0.3 is 15.5 Å². The van der Waals surface area contributed by atoms with Crippen LogP contribution in [0.2, 0.25) is 0 Å². The van der Waals surface area contributed by atoms with Gasteiger partial charge in [0.05, 0.1) is 5.69 Å². The van der Waals surface area contributed by atoms with Gasteiger partial charge in [0.25, 0.3) is 0 Å². The number of hydrogen-bond donors (Lipinski definition) is 1. The van der Waals surface area contributed by atoms with Crippen molar-refractivity contribution in [2.75, 3.05) is 32.1 Å². The summed E-state index contributed by atoms with van der Waals surface area (Å²) in [6.45, 7) is 6.89. The Labute approximate surface area is 132 Å². The molecule has 2 heterocycles. The van der Waals surface area contributed by atoms with Crippen LogP contribution in [0.1, 0.15) is 49.7 Å². The maximum absolute atomic E-state index is 6.36. The summed E-state index contributed by atoms with van der Waals surface area (Å²) in [6, 6.07) is 0.832. The molecule has 1 aliphatic heterocycles. The first-order chi connectivity index (χ1) is 9.85. The molecule has 2 N–H and O–H groups in total. The summed E-state index contributed by atoms with van der Waals surface area (Å²) in [6.07, 6.45) is 4.75. The van der Waals surface area contributed by atoms with Crippen molar-refractivity contribution >= 4 is 16.5 Å². The Kier molecular flexibility index (Phi) is 4.01. The van der Waals surface area contributed by atoms with Gasteiger partial charge in [-0.2, -0.15) is 0 Å². The molecule has 0 bridgehead atoms. The second kappa shape index (κ2) is 5.52. The minimum atomic E-state index is 0.164. The zero-order chi connectivity index (χ0) is 15.2. The highest BCUT2D eigenvalue weighted by Crippen LogP contribution is 2.43. The molecule has 1 aliphatic carbocycles. The smallest absolute Gasteiger partial charge is 0.185 e. The van der Waals surface area contributed by atoms with Crippen molar-refractivity contribution in [3.8, 4) is 0 Å². The van der Waals surface area contributed by atoms with Crippen molar-refractivity contribution < 1.29 is 0 Å². The molecule has 1 saturated heterocycles. The molecule has 118 valence electrons. The van der Waals surface area contributed by atoms with Crippen molar-refractivity contribution in [1.29, 1.82) is 0 Å². The third-order valence-corrected chi connectivity index (χ3v) is 6.30. The minimum absolute atomic E-state index is 0.164. The van der Waals surface area contributed by atoms with Crippen LogP contribution >= 0.6 is 11.3 Å². The van der Waals surface area contributed by atoms with Crippen LogP contribution in [0.3, 0.4) is 0 Å². The first kappa shape index (κ1) is 15.3. The summed E-state index contributed by atoms with van der Waals surface area (Å²) in [5, 5.41) is 1.15. The Morgan fingerprint density at radius 3 is 2.90 bits per heavy atom. The van der Waals surface area contributed by atoms with Crippen LogP contribution in [-0.4, -0.2) is 43.1 Å². The second-order valence-electron chi connectivity index (χ2n) is 7.62. The lowest BCUT2D eigenvalue weighted by molar-refractivity contribution is 0.282. The molecule has 0 saturated carbocycles. The molecule has 1 fully saturated rings. The van der Waals surface area contributed by atoms with Crippen molar-refractivity contribution in [2.45, 2.75) is 51.6 Å². The number of nitrogens with two attached hydrogens (primary N) is 1. The quantitative estimate of drug-likeness (QED) is 0.932. The van der Waals surface area contributed by atoms with Crippen LogP contribution in [0.4, 0.5) is 5.13 Å². The zero-order valence-electron chi connectivity index (χ0n) is 13.7. The largest absolute Gasteiger partial charge is 0.350 e. The first-order valence-electron chi connectivity index (χ1n) is 8.02. The van der Waals surface area contributed by atoms with Crippen LogP contribution in [-0.2, 0) is 6.42 Å². The average molecular weight is 308 g/mol. The number of likely N-dealkylation sites (N-methyl/N-ethyl adjacent to an activating group) is 2. The molecule has 0 amide bonds. The van der Waals surface area contributed by atoms with E-state index in [1.807, 2.05) is 11.3 Å². The van der Waals surface area contributed by atoms with E-state index >= 15 is 0 Å². The number of thiazole rings is 1. The number of fused-ring (bicyclic) bond motifs is 1. The lowest BCUT2D eigenvalue weighted by Crippen LogP contribution is -2.36. The van der Waals surface area contributed by atoms with Gasteiger partial charge in [-0.1, -0.05) is 13.8 Å². The minimum Gasteiger partial charge on any atom is -0.350 e. The average Bonchev–Trinajstić information content (AvgIpc) is 2.95. The molecule has 1 aromatic rings. The Hall–Kier alpha value is -0.650. The number of rotatable bonds is 3. The highest BCUT2D eigenvalue weighted by molar-refractivity contribution is 7.15. The number of hydrogen-bond acceptors (Lipinski definition) is 5. The fourth-order valence-corrected chi connectivity index (χ4v) is 4.80. The summed E-state index contributed by atoms with van der Waals surface area (Å²) in [5.74, 6) is 0. The van der Waals surface area contributed by atoms with Gasteiger partial charge in [0.15, 0.2) is 5.13 Å². The topological polar surface area (TPSA) is 45.4 Å². The molecular weight excluding hydrogens is 280 g/mol. The summed E-state index contributed by atoms with van der Waals surface area (Å²) < 4.78 is 0. The maximum Gasteiger partial charge on any atom is 0.185 e. The van der Waals surface area contributed by atoms with Gasteiger partial charge in [0.2, 0.25) is 0 Å². The van der Waals surface area contributed by atoms with E-state index in [9.17, 15) is 0 Å². The first-order valence-corrected chi connectivity index (χ1v) is 8.84. The molecule has 1 aromatic heterocycles. The van der Waals surface area contributed by atoms with E-state index < -0.39 is 0 Å². The van der Waals surface area contributed by atoms with Gasteiger partial charge in [-0.15, -0.1) is 11.3 Å². The summed E-state index contributed by atoms with van der Waals surface area (Å²) >= 11 is 1.81. The SMILES string of the molecule is CN(CC1CCCN1C)c1nc2c(s1)C(N)CC(C)(C)C2. The molecule has 4 nitrogen and oxygen atoms in total. The molecule has 0 aromatic carbocycles. The fourth-order valence-electron chi connectivity index (χ4n) is 3.75. The molecule has 5 heteroatoms. The van der Waals surface area contributed by atoms with Gasteiger partial charge in [-0.05, 0) is 44.7 Å². The standard InChI is InChI=1S/C16H28N4S/c1-16(2)8-12(17)14-13(9-16)18-15(21-14)20(4)10-11-6-5-7-19(11)3/h11-12H,5-10,17H2,1-4H3. The Morgan fingerprint density at radius 1 is 1.48 bits per heavy atom. The van der Waals surface area contributed by atoms with Crippen molar-refractivity contribution in [3.05, 3.63) is 10.6 Å². The van der Waals surface area contributed by atoms with Crippen LogP contribution < -0.4 is 10.6 Å². The van der Waals surface area contributed by atoms with Gasteiger partial charge in [-0.3, -0.25) is 0 Å². The number of likely N-dealkylation sites (tertiary alicyclic amines) is 1. The summed E-state index contributed by atoms with van der Waals surface area (Å²) in [7, 11) is 4.41. The van der Waals surface area contributed by atoms with E-state index in [0.29, 0.717) is 6.04 Å². The normalized spacial score (nSPS) is 28.6. The third-order valence-electron chi connectivity index (χ3n) is 4.95. The van der Waals surface area contributed by atoms with E-state index in [-0.39, 0.29) is 11.5 Å². The molecule has 3 rings (SSSR count). The van der Waals surface area contributed by atoms with Gasteiger partial charge in [0, 0.05) is 30.6 Å². The fraction of sp³-hybridized carbons (Fsp3) is 0.812. The van der Waals surface area contributed by atoms with Gasteiger partial charge in [-0.25, -0.2) is 4.98 Å². The van der Waals surface area contributed by atoms with E-state index in [0.717, 1.165) is 24.5 Å². The lowest BCUT2D eigenvalue weighted by atomic mass is 9.77. The number of nitrogens with zero attached hydrogens (tertiary/aromatic N) is 3. The Balaban J connectivity index is 1.75. The third kappa shape index (κ3) is 3.10. The summed E-state index contributed by atoms with van der Waals surface area (Å²) in [4.78, 5) is 11.0. The zero-order valence-corrected chi connectivity index (χ0v) is 14.5. The van der Waals surface area contributed by atoms with E-state index in [4.69, 9.17) is 10.7 Å². The highest BCUT2D eigenvalue weighted by Gasteiger charge is 2.34.